The van der Waals surface area contributed by atoms with E-state index in [4.69, 9.17) is 14.6 Å². The lowest BCUT2D eigenvalue weighted by atomic mass is 10.0. The molecule has 0 aromatic rings. The highest BCUT2D eigenvalue weighted by Gasteiger charge is 2.38. The molecule has 7 heteroatoms. The van der Waals surface area contributed by atoms with Crippen molar-refractivity contribution < 1.29 is 24.2 Å². The van der Waals surface area contributed by atoms with Gasteiger partial charge in [-0.3, -0.25) is 4.79 Å². The van der Waals surface area contributed by atoms with Gasteiger partial charge in [-0.2, -0.15) is 0 Å². The first-order valence-electron chi connectivity index (χ1n) is 5.96. The van der Waals surface area contributed by atoms with Crippen molar-refractivity contribution in [3.8, 4) is 0 Å². The van der Waals surface area contributed by atoms with Crippen LogP contribution in [0, 0.1) is 5.92 Å². The van der Waals surface area contributed by atoms with Crippen LogP contribution >= 0.6 is 0 Å². The van der Waals surface area contributed by atoms with Crippen LogP contribution < -0.4 is 5.32 Å². The standard InChI is InChI=1S/C11H20N2O5/c1-3-17-5-4-12-11(16)13(2)9-7-18-6-8(9)10(14)15/h8-9H,3-7H2,1-2H3,(H,12,16)(H,14,15). The molecule has 0 saturated carbocycles. The average Bonchev–Trinajstić information content (AvgIpc) is 2.82. The Labute approximate surface area is 106 Å². The number of carbonyl (C=O) groups is 2. The van der Waals surface area contributed by atoms with E-state index in [0.717, 1.165) is 0 Å². The predicted molar refractivity (Wildman–Crippen MR) is 63.4 cm³/mol. The number of aliphatic carboxylic acids is 1. The summed E-state index contributed by atoms with van der Waals surface area (Å²) >= 11 is 0. The van der Waals surface area contributed by atoms with Gasteiger partial charge in [-0.05, 0) is 6.92 Å². The molecule has 0 aromatic carbocycles. The maximum atomic E-state index is 11.8. The van der Waals surface area contributed by atoms with Crippen LogP contribution in [0.1, 0.15) is 6.92 Å². The summed E-state index contributed by atoms with van der Waals surface area (Å²) in [5.41, 5.74) is 0. The number of nitrogens with zero attached hydrogens (tertiary/aromatic N) is 1. The quantitative estimate of drug-likeness (QED) is 0.644. The minimum Gasteiger partial charge on any atom is -0.481 e. The van der Waals surface area contributed by atoms with Crippen molar-refractivity contribution in [2.24, 2.45) is 5.92 Å². The fourth-order valence-corrected chi connectivity index (χ4v) is 1.81. The van der Waals surface area contributed by atoms with Gasteiger partial charge in [-0.15, -0.1) is 0 Å². The molecule has 1 fully saturated rings. The minimum absolute atomic E-state index is 0.149. The number of carbonyl (C=O) groups excluding carboxylic acids is 1. The van der Waals surface area contributed by atoms with Gasteiger partial charge in [0.1, 0.15) is 5.92 Å². The molecule has 2 amide bonds. The molecule has 1 aliphatic rings. The molecule has 1 rings (SSSR count). The van der Waals surface area contributed by atoms with E-state index in [1.807, 2.05) is 6.92 Å². The minimum atomic E-state index is -0.938. The molecule has 1 aliphatic heterocycles. The Hall–Kier alpha value is -1.34. The molecule has 2 N–H and O–H groups in total. The van der Waals surface area contributed by atoms with Crippen LogP contribution in [-0.2, 0) is 14.3 Å². The van der Waals surface area contributed by atoms with E-state index in [1.165, 1.54) is 4.90 Å². The van der Waals surface area contributed by atoms with Crippen LogP contribution in [0.25, 0.3) is 0 Å². The number of carboxylic acids is 1. The summed E-state index contributed by atoms with van der Waals surface area (Å²) in [4.78, 5) is 24.1. The highest BCUT2D eigenvalue weighted by Crippen LogP contribution is 2.18. The summed E-state index contributed by atoms with van der Waals surface area (Å²) in [6.07, 6.45) is 0. The number of nitrogens with one attached hydrogen (secondary N) is 1. The number of urea groups is 1. The van der Waals surface area contributed by atoms with Gasteiger partial charge in [-0.1, -0.05) is 0 Å². The first kappa shape index (κ1) is 14.7. The summed E-state index contributed by atoms with van der Waals surface area (Å²) in [6.45, 7) is 3.73. The third-order valence-electron chi connectivity index (χ3n) is 2.91. The molecule has 18 heavy (non-hydrogen) atoms. The SMILES string of the molecule is CCOCCNC(=O)N(C)C1COCC1C(=O)O. The van der Waals surface area contributed by atoms with Gasteiger partial charge in [0.25, 0.3) is 0 Å². The van der Waals surface area contributed by atoms with E-state index >= 15 is 0 Å². The van der Waals surface area contributed by atoms with E-state index < -0.39 is 17.9 Å². The molecule has 0 bridgehead atoms. The maximum absolute atomic E-state index is 11.8. The molecule has 7 nitrogen and oxygen atoms in total. The Morgan fingerprint density at radius 1 is 1.50 bits per heavy atom. The third kappa shape index (κ3) is 3.85. The van der Waals surface area contributed by atoms with Crippen molar-refractivity contribution in [2.75, 3.05) is 40.0 Å². The van der Waals surface area contributed by atoms with Crippen LogP contribution in [0.3, 0.4) is 0 Å². The summed E-state index contributed by atoms with van der Waals surface area (Å²) < 4.78 is 10.2. The van der Waals surface area contributed by atoms with Crippen LogP contribution in [0.2, 0.25) is 0 Å². The second kappa shape index (κ2) is 7.17. The van der Waals surface area contributed by atoms with Gasteiger partial charge in [0.2, 0.25) is 0 Å². The first-order valence-corrected chi connectivity index (χ1v) is 5.96. The van der Waals surface area contributed by atoms with E-state index in [0.29, 0.717) is 19.8 Å². The molecule has 0 aromatic heterocycles. The van der Waals surface area contributed by atoms with Gasteiger partial charge in [0, 0.05) is 20.2 Å². The maximum Gasteiger partial charge on any atom is 0.317 e. The zero-order valence-corrected chi connectivity index (χ0v) is 10.7. The second-order valence-electron chi connectivity index (χ2n) is 4.09. The molecule has 0 aliphatic carbocycles. The molecular formula is C11H20N2O5. The zero-order valence-electron chi connectivity index (χ0n) is 10.7. The van der Waals surface area contributed by atoms with Gasteiger partial charge in [-0.25, -0.2) is 4.79 Å². The number of rotatable bonds is 6. The Kier molecular flexibility index (Phi) is 5.87. The lowest BCUT2D eigenvalue weighted by Crippen LogP contribution is -2.48. The molecular weight excluding hydrogens is 240 g/mol. The number of amides is 2. The van der Waals surface area contributed by atoms with Gasteiger partial charge in [0.15, 0.2) is 0 Å². The third-order valence-corrected chi connectivity index (χ3v) is 2.91. The summed E-state index contributed by atoms with van der Waals surface area (Å²) in [5.74, 6) is -1.60. The molecule has 2 unspecified atom stereocenters. The lowest BCUT2D eigenvalue weighted by molar-refractivity contribution is -0.142. The smallest absolute Gasteiger partial charge is 0.317 e. The number of likely N-dealkylation sites (N-methyl/N-ethyl adjacent to an activating group) is 1. The lowest BCUT2D eigenvalue weighted by Gasteiger charge is -2.26. The fraction of sp³-hybridized carbons (Fsp3) is 0.818. The molecule has 1 heterocycles. The van der Waals surface area contributed by atoms with E-state index in [9.17, 15) is 9.59 Å². The fourth-order valence-electron chi connectivity index (χ4n) is 1.81. The van der Waals surface area contributed by atoms with Crippen LogP contribution in [0.4, 0.5) is 4.79 Å². The van der Waals surface area contributed by atoms with Crippen molar-refractivity contribution >= 4 is 12.0 Å². The molecule has 0 spiro atoms. The highest BCUT2D eigenvalue weighted by molar-refractivity contribution is 5.77. The molecule has 2 atom stereocenters. The summed E-state index contributed by atoms with van der Waals surface area (Å²) in [6, 6.07) is -0.731. The van der Waals surface area contributed by atoms with Crippen molar-refractivity contribution in [1.82, 2.24) is 10.2 Å². The first-order chi connectivity index (χ1) is 8.57. The molecule has 0 radical (unpaired) electrons. The van der Waals surface area contributed by atoms with Crippen LogP contribution in [0.15, 0.2) is 0 Å². The Morgan fingerprint density at radius 3 is 2.83 bits per heavy atom. The predicted octanol–water partition coefficient (Wildman–Crippen LogP) is -0.236. The van der Waals surface area contributed by atoms with Crippen LogP contribution in [0.5, 0.6) is 0 Å². The normalized spacial score (nSPS) is 22.8. The summed E-state index contributed by atoms with van der Waals surface area (Å²) in [5, 5.41) is 11.7. The Bertz CT molecular complexity index is 297. The van der Waals surface area contributed by atoms with Crippen molar-refractivity contribution in [3.63, 3.8) is 0 Å². The highest BCUT2D eigenvalue weighted by atomic mass is 16.5. The Balaban J connectivity index is 2.40. The summed E-state index contributed by atoms with van der Waals surface area (Å²) in [7, 11) is 1.57. The van der Waals surface area contributed by atoms with Gasteiger partial charge < -0.3 is 24.8 Å². The van der Waals surface area contributed by atoms with Gasteiger partial charge >= 0.3 is 12.0 Å². The number of hydrogen-bond donors (Lipinski definition) is 2. The number of ether oxygens (including phenoxy) is 2. The van der Waals surface area contributed by atoms with Crippen molar-refractivity contribution in [1.29, 1.82) is 0 Å². The largest absolute Gasteiger partial charge is 0.481 e. The van der Waals surface area contributed by atoms with Crippen molar-refractivity contribution in [2.45, 2.75) is 13.0 Å². The van der Waals surface area contributed by atoms with E-state index in [2.05, 4.69) is 5.32 Å². The van der Waals surface area contributed by atoms with E-state index in [-0.39, 0.29) is 19.2 Å². The average molecular weight is 260 g/mol. The molecule has 1 saturated heterocycles. The second-order valence-corrected chi connectivity index (χ2v) is 4.09. The number of hydrogen-bond acceptors (Lipinski definition) is 4. The molecule has 104 valence electrons. The number of carboxylic acid groups (broad SMARTS) is 1. The van der Waals surface area contributed by atoms with Gasteiger partial charge in [0.05, 0.1) is 25.9 Å². The topological polar surface area (TPSA) is 88.1 Å². The van der Waals surface area contributed by atoms with Crippen LogP contribution in [-0.4, -0.2) is 68.1 Å². The van der Waals surface area contributed by atoms with Crippen molar-refractivity contribution in [3.05, 3.63) is 0 Å². The monoisotopic (exact) mass is 260 g/mol. The Morgan fingerprint density at radius 2 is 2.22 bits per heavy atom. The van der Waals surface area contributed by atoms with E-state index in [1.54, 1.807) is 7.05 Å². The zero-order chi connectivity index (χ0) is 13.5.